The Hall–Kier alpha value is -3.95. The number of hydrogen-bond donors (Lipinski definition) is 1. The zero-order valence-electron chi connectivity index (χ0n) is 20.4. The highest BCUT2D eigenvalue weighted by Crippen LogP contribution is 2.29. The molecule has 0 bridgehead atoms. The molecular weight excluding hydrogens is 465 g/mol. The van der Waals surface area contributed by atoms with Crippen molar-refractivity contribution in [3.63, 3.8) is 0 Å². The van der Waals surface area contributed by atoms with Gasteiger partial charge in [-0.2, -0.15) is 5.10 Å². The summed E-state index contributed by atoms with van der Waals surface area (Å²) in [5.41, 5.74) is 2.40. The maximum Gasteiger partial charge on any atom is 0.414 e. The molecular formula is C26H30FN5O4. The van der Waals surface area contributed by atoms with E-state index in [1.165, 1.54) is 17.9 Å². The summed E-state index contributed by atoms with van der Waals surface area (Å²) in [4.78, 5) is 38.3. The van der Waals surface area contributed by atoms with Gasteiger partial charge >= 0.3 is 6.09 Å². The minimum atomic E-state index is -0.570. The zero-order valence-corrected chi connectivity index (χ0v) is 20.4. The normalized spacial score (nSPS) is 18.0. The van der Waals surface area contributed by atoms with Gasteiger partial charge in [0.2, 0.25) is 11.8 Å². The summed E-state index contributed by atoms with van der Waals surface area (Å²) < 4.78 is 20.2. The molecule has 2 aromatic rings. The van der Waals surface area contributed by atoms with Crippen molar-refractivity contribution >= 4 is 29.8 Å². The molecule has 0 aliphatic carbocycles. The Morgan fingerprint density at radius 2 is 1.86 bits per heavy atom. The number of rotatable bonds is 7. The highest BCUT2D eigenvalue weighted by Gasteiger charge is 2.32. The van der Waals surface area contributed by atoms with E-state index < -0.39 is 18.0 Å². The van der Waals surface area contributed by atoms with Crippen molar-refractivity contribution in [1.29, 1.82) is 0 Å². The Balaban J connectivity index is 1.36. The molecule has 2 aromatic carbocycles. The lowest BCUT2D eigenvalue weighted by molar-refractivity contribution is -0.132. The van der Waals surface area contributed by atoms with E-state index >= 15 is 0 Å². The summed E-state index contributed by atoms with van der Waals surface area (Å²) in [6, 6.07) is 12.0. The van der Waals surface area contributed by atoms with E-state index in [0.717, 1.165) is 5.56 Å². The van der Waals surface area contributed by atoms with Gasteiger partial charge in [0.25, 0.3) is 0 Å². The van der Waals surface area contributed by atoms with Crippen LogP contribution in [0.2, 0.25) is 0 Å². The van der Waals surface area contributed by atoms with Crippen molar-refractivity contribution in [3.05, 3.63) is 53.8 Å². The van der Waals surface area contributed by atoms with Gasteiger partial charge in [-0.25, -0.2) is 9.18 Å². The number of carbonyl (C=O) groups excluding carboxylic acids is 3. The van der Waals surface area contributed by atoms with Crippen molar-refractivity contribution in [2.75, 3.05) is 44.2 Å². The lowest BCUT2D eigenvalue weighted by Crippen LogP contribution is -2.46. The number of amides is 3. The molecule has 0 saturated carbocycles. The Kier molecular flexibility index (Phi) is 7.82. The van der Waals surface area contributed by atoms with Crippen molar-refractivity contribution in [2.45, 2.75) is 26.4 Å². The van der Waals surface area contributed by atoms with E-state index in [1.807, 2.05) is 41.1 Å². The number of piperazine rings is 1. The van der Waals surface area contributed by atoms with Gasteiger partial charge in [0, 0.05) is 32.0 Å². The van der Waals surface area contributed by atoms with Crippen LogP contribution in [-0.2, 0) is 14.3 Å². The van der Waals surface area contributed by atoms with Crippen LogP contribution < -0.4 is 10.2 Å². The maximum absolute atomic E-state index is 15.0. The summed E-state index contributed by atoms with van der Waals surface area (Å²) in [6.07, 6.45) is 1.22. The number of ether oxygens (including phenoxy) is 1. The third-order valence-corrected chi connectivity index (χ3v) is 6.22. The van der Waals surface area contributed by atoms with E-state index in [9.17, 15) is 18.8 Å². The van der Waals surface area contributed by atoms with E-state index in [4.69, 9.17) is 4.74 Å². The average molecular weight is 496 g/mol. The summed E-state index contributed by atoms with van der Waals surface area (Å²) in [6.45, 7) is 6.42. The maximum atomic E-state index is 15.0. The fourth-order valence-electron chi connectivity index (χ4n) is 4.18. The monoisotopic (exact) mass is 495 g/mol. The molecule has 1 atom stereocenters. The van der Waals surface area contributed by atoms with Crippen LogP contribution in [0.4, 0.5) is 14.9 Å². The largest absolute Gasteiger partial charge is 0.442 e. The molecule has 0 unspecified atom stereocenters. The Morgan fingerprint density at radius 3 is 2.50 bits per heavy atom. The Bertz CT molecular complexity index is 1150. The first-order valence-corrected chi connectivity index (χ1v) is 12.0. The fourth-order valence-corrected chi connectivity index (χ4v) is 4.18. The third kappa shape index (κ3) is 5.99. The number of carbonyl (C=O) groups is 3. The second-order valence-electron chi connectivity index (χ2n) is 8.77. The van der Waals surface area contributed by atoms with Crippen LogP contribution in [-0.4, -0.2) is 79.4 Å². The predicted molar refractivity (Wildman–Crippen MR) is 134 cm³/mol. The van der Waals surface area contributed by atoms with Crippen LogP contribution >= 0.6 is 0 Å². The van der Waals surface area contributed by atoms with E-state index in [1.54, 1.807) is 18.3 Å². The number of hydrogen-bond acceptors (Lipinski definition) is 6. The van der Waals surface area contributed by atoms with Crippen LogP contribution in [0, 0.1) is 5.82 Å². The van der Waals surface area contributed by atoms with Crippen molar-refractivity contribution in [3.8, 4) is 11.1 Å². The minimum absolute atomic E-state index is 0.168. The average Bonchev–Trinajstić information content (AvgIpc) is 3.27. The second kappa shape index (κ2) is 11.2. The summed E-state index contributed by atoms with van der Waals surface area (Å²) in [5, 5.41) is 9.07. The van der Waals surface area contributed by atoms with Gasteiger partial charge in [-0.1, -0.05) is 31.2 Å². The SMILES string of the molecule is CCC(=O)N1CCN(N=Cc2ccc(-c3ccc(N4C[C@H](CNC(C)=O)OC4=O)cc3F)cc2)CC1. The minimum Gasteiger partial charge on any atom is -0.442 e. The topological polar surface area (TPSA) is 94.6 Å². The number of nitrogens with one attached hydrogen (secondary N) is 1. The summed E-state index contributed by atoms with van der Waals surface area (Å²) in [5.74, 6) is -0.493. The number of cyclic esters (lactones) is 1. The fraction of sp³-hybridized carbons (Fsp3) is 0.385. The first kappa shape index (κ1) is 25.2. The summed E-state index contributed by atoms with van der Waals surface area (Å²) >= 11 is 0. The highest BCUT2D eigenvalue weighted by atomic mass is 19.1. The van der Waals surface area contributed by atoms with Gasteiger partial charge < -0.3 is 15.0 Å². The van der Waals surface area contributed by atoms with Crippen molar-refractivity contribution in [1.82, 2.24) is 15.2 Å². The smallest absolute Gasteiger partial charge is 0.414 e. The van der Waals surface area contributed by atoms with Crippen molar-refractivity contribution < 1.29 is 23.5 Å². The number of anilines is 1. The number of nitrogens with zero attached hydrogens (tertiary/aromatic N) is 4. The van der Waals surface area contributed by atoms with Gasteiger partial charge in [-0.3, -0.25) is 19.5 Å². The standard InChI is InChI=1S/C26H30FN5O4/c1-3-25(34)30-10-12-31(13-11-30)29-15-19-4-6-20(7-5-19)23-9-8-21(14-24(23)27)32-17-22(36-26(32)35)16-28-18(2)33/h4-9,14-15,22H,3,10-13,16-17H2,1-2H3,(H,28,33)/t22-/m0/s1. The molecule has 9 nitrogen and oxygen atoms in total. The molecule has 0 aromatic heterocycles. The van der Waals surface area contributed by atoms with E-state index in [2.05, 4.69) is 10.4 Å². The lowest BCUT2D eigenvalue weighted by Gasteiger charge is -2.32. The molecule has 2 aliphatic rings. The molecule has 36 heavy (non-hydrogen) atoms. The molecule has 2 saturated heterocycles. The van der Waals surface area contributed by atoms with Gasteiger partial charge in [0.1, 0.15) is 11.9 Å². The van der Waals surface area contributed by atoms with E-state index in [0.29, 0.717) is 49.4 Å². The third-order valence-electron chi connectivity index (χ3n) is 6.22. The first-order valence-electron chi connectivity index (χ1n) is 12.0. The second-order valence-corrected chi connectivity index (χ2v) is 8.77. The molecule has 2 aliphatic heterocycles. The quantitative estimate of drug-likeness (QED) is 0.596. The van der Waals surface area contributed by atoms with Crippen LogP contribution in [0.5, 0.6) is 0 Å². The molecule has 3 amide bonds. The molecule has 4 rings (SSSR count). The van der Waals surface area contributed by atoms with E-state index in [-0.39, 0.29) is 24.9 Å². The Labute approximate surface area is 209 Å². The molecule has 2 heterocycles. The predicted octanol–water partition coefficient (Wildman–Crippen LogP) is 2.84. The molecule has 190 valence electrons. The van der Waals surface area contributed by atoms with Crippen LogP contribution in [0.1, 0.15) is 25.8 Å². The first-order chi connectivity index (χ1) is 17.3. The van der Waals surface area contributed by atoms with Crippen molar-refractivity contribution in [2.24, 2.45) is 5.10 Å². The van der Waals surface area contributed by atoms with Gasteiger partial charge in [-0.05, 0) is 29.3 Å². The highest BCUT2D eigenvalue weighted by molar-refractivity contribution is 5.90. The molecule has 10 heteroatoms. The zero-order chi connectivity index (χ0) is 25.7. The molecule has 2 fully saturated rings. The number of benzene rings is 2. The van der Waals surface area contributed by atoms with Gasteiger partial charge in [-0.15, -0.1) is 0 Å². The van der Waals surface area contributed by atoms with Crippen LogP contribution in [0.3, 0.4) is 0 Å². The molecule has 0 spiro atoms. The Morgan fingerprint density at radius 1 is 1.14 bits per heavy atom. The van der Waals surface area contributed by atoms with Crippen LogP contribution in [0.15, 0.2) is 47.6 Å². The molecule has 0 radical (unpaired) electrons. The number of hydrazone groups is 1. The van der Waals surface area contributed by atoms with Gasteiger partial charge in [0.05, 0.1) is 38.1 Å². The molecule has 1 N–H and O–H groups in total. The van der Waals surface area contributed by atoms with Crippen LogP contribution in [0.25, 0.3) is 11.1 Å². The summed E-state index contributed by atoms with van der Waals surface area (Å²) in [7, 11) is 0. The van der Waals surface area contributed by atoms with Gasteiger partial charge in [0.15, 0.2) is 0 Å². The number of halogens is 1. The lowest BCUT2D eigenvalue weighted by atomic mass is 10.0.